The summed E-state index contributed by atoms with van der Waals surface area (Å²) in [6, 6.07) is 6.80. The predicted molar refractivity (Wildman–Crippen MR) is 143 cm³/mol. The van der Waals surface area contributed by atoms with Crippen LogP contribution in [0, 0.1) is 0 Å². The third-order valence-corrected chi connectivity index (χ3v) is 5.21. The number of imide groups is 1. The Bertz CT molecular complexity index is 852. The predicted octanol–water partition coefficient (Wildman–Crippen LogP) is 1.74. The molecule has 0 radical (unpaired) electrons. The Kier molecular flexibility index (Phi) is 16.5. The molecule has 0 bridgehead atoms. The molecule has 0 aromatic heterocycles. The fourth-order valence-corrected chi connectivity index (χ4v) is 3.44. The lowest BCUT2D eigenvalue weighted by atomic mass is 10.1. The standard InChI is InChI=1S/C28H43NO11/c1-28(2,3)40-25(30)22-39-21-20-38-19-18-37-17-16-36-15-14-35-13-12-34-11-10-33-9-8-29-26(31)23-6-4-5-7-24(23)27(29)32/h4-7H,8-22H2,1-3H3. The summed E-state index contributed by atoms with van der Waals surface area (Å²) in [7, 11) is 0. The number of hydrogen-bond donors (Lipinski definition) is 0. The third-order valence-electron chi connectivity index (χ3n) is 5.21. The number of fused-ring (bicyclic) bond motifs is 1. The van der Waals surface area contributed by atoms with Crippen LogP contribution in [0.1, 0.15) is 41.5 Å². The van der Waals surface area contributed by atoms with Gasteiger partial charge in [-0.1, -0.05) is 12.1 Å². The van der Waals surface area contributed by atoms with Gasteiger partial charge in [0.25, 0.3) is 11.8 Å². The number of carbonyl (C=O) groups is 3. The summed E-state index contributed by atoms with van der Waals surface area (Å²) in [6.45, 7) is 10.8. The Labute approximate surface area is 236 Å². The molecule has 0 atom stereocenters. The van der Waals surface area contributed by atoms with Gasteiger partial charge < -0.3 is 37.9 Å². The first kappa shape index (κ1) is 33.8. The number of rotatable bonds is 23. The summed E-state index contributed by atoms with van der Waals surface area (Å²) in [5, 5.41) is 0. The fraction of sp³-hybridized carbons (Fsp3) is 0.679. The molecular formula is C28H43NO11. The summed E-state index contributed by atoms with van der Waals surface area (Å²) in [5.41, 5.74) is 0.360. The van der Waals surface area contributed by atoms with Crippen molar-refractivity contribution in [1.82, 2.24) is 4.90 Å². The summed E-state index contributed by atoms with van der Waals surface area (Å²) < 4.78 is 42.9. The molecule has 0 aliphatic carbocycles. The second-order valence-electron chi connectivity index (χ2n) is 9.62. The van der Waals surface area contributed by atoms with Gasteiger partial charge in [0.15, 0.2) is 0 Å². The summed E-state index contributed by atoms with van der Waals surface area (Å²) in [4.78, 5) is 37.2. The maximum absolute atomic E-state index is 12.3. The van der Waals surface area contributed by atoms with E-state index in [2.05, 4.69) is 0 Å². The van der Waals surface area contributed by atoms with Gasteiger partial charge in [0.05, 0.1) is 104 Å². The lowest BCUT2D eigenvalue weighted by molar-refractivity contribution is -0.160. The Hall–Kier alpha value is -2.45. The van der Waals surface area contributed by atoms with Crippen LogP contribution in [0.5, 0.6) is 0 Å². The number of esters is 1. The number of carbonyl (C=O) groups excluding carboxylic acids is 3. The smallest absolute Gasteiger partial charge is 0.332 e. The molecule has 0 saturated carbocycles. The quantitative estimate of drug-likeness (QED) is 0.109. The van der Waals surface area contributed by atoms with Gasteiger partial charge in [-0.3, -0.25) is 14.5 Å². The molecule has 12 heteroatoms. The zero-order chi connectivity index (χ0) is 29.1. The second kappa shape index (κ2) is 19.6. The normalized spacial score (nSPS) is 13.2. The summed E-state index contributed by atoms with van der Waals surface area (Å²) in [6.07, 6.45) is 0. The Morgan fingerprint density at radius 3 is 1.32 bits per heavy atom. The van der Waals surface area contributed by atoms with Crippen molar-refractivity contribution in [3.63, 3.8) is 0 Å². The monoisotopic (exact) mass is 569 g/mol. The molecule has 12 nitrogen and oxygen atoms in total. The van der Waals surface area contributed by atoms with Crippen molar-refractivity contribution in [2.75, 3.05) is 99.0 Å². The lowest BCUT2D eigenvalue weighted by Gasteiger charge is -2.19. The van der Waals surface area contributed by atoms with Crippen LogP contribution < -0.4 is 0 Å². The van der Waals surface area contributed by atoms with Crippen molar-refractivity contribution < 1.29 is 52.3 Å². The van der Waals surface area contributed by atoms with Crippen LogP contribution in [-0.4, -0.2) is 127 Å². The first-order valence-electron chi connectivity index (χ1n) is 13.5. The molecule has 0 unspecified atom stereocenters. The average Bonchev–Trinajstić information content (AvgIpc) is 3.15. The van der Waals surface area contributed by atoms with Crippen molar-refractivity contribution in [1.29, 1.82) is 0 Å². The SMILES string of the molecule is CC(C)(C)OC(=O)COCCOCCOCCOCCOCCOCCOCCN1C(=O)c2ccccc2C1=O. The minimum absolute atomic E-state index is 0.0918. The van der Waals surface area contributed by atoms with Crippen LogP contribution in [0.15, 0.2) is 24.3 Å². The molecule has 40 heavy (non-hydrogen) atoms. The first-order chi connectivity index (χ1) is 19.3. The highest BCUT2D eigenvalue weighted by molar-refractivity contribution is 6.21. The average molecular weight is 570 g/mol. The van der Waals surface area contributed by atoms with Gasteiger partial charge in [0, 0.05) is 0 Å². The number of nitrogens with zero attached hydrogens (tertiary/aromatic N) is 1. The number of hydrogen-bond acceptors (Lipinski definition) is 11. The first-order valence-corrected chi connectivity index (χ1v) is 13.5. The van der Waals surface area contributed by atoms with E-state index in [1.807, 2.05) is 0 Å². The van der Waals surface area contributed by atoms with Crippen molar-refractivity contribution in [3.05, 3.63) is 35.4 Å². The van der Waals surface area contributed by atoms with E-state index in [0.29, 0.717) is 90.4 Å². The lowest BCUT2D eigenvalue weighted by Crippen LogP contribution is -2.33. The van der Waals surface area contributed by atoms with Crippen molar-refractivity contribution in [2.45, 2.75) is 26.4 Å². The van der Waals surface area contributed by atoms with Crippen LogP contribution in [0.25, 0.3) is 0 Å². The maximum atomic E-state index is 12.3. The van der Waals surface area contributed by atoms with Crippen LogP contribution in [0.3, 0.4) is 0 Å². The highest BCUT2D eigenvalue weighted by atomic mass is 16.6. The number of ether oxygens (including phenoxy) is 8. The van der Waals surface area contributed by atoms with Crippen LogP contribution in [0.4, 0.5) is 0 Å². The van der Waals surface area contributed by atoms with E-state index < -0.39 is 11.6 Å². The molecule has 1 heterocycles. The van der Waals surface area contributed by atoms with Gasteiger partial charge in [-0.05, 0) is 32.9 Å². The van der Waals surface area contributed by atoms with Gasteiger partial charge >= 0.3 is 5.97 Å². The van der Waals surface area contributed by atoms with E-state index in [1.165, 1.54) is 4.90 Å². The van der Waals surface area contributed by atoms with Gasteiger partial charge in [-0.25, -0.2) is 4.79 Å². The molecule has 226 valence electrons. The third kappa shape index (κ3) is 14.3. The zero-order valence-electron chi connectivity index (χ0n) is 23.9. The van der Waals surface area contributed by atoms with E-state index in [1.54, 1.807) is 45.0 Å². The van der Waals surface area contributed by atoms with Crippen LogP contribution in [0.2, 0.25) is 0 Å². The minimum atomic E-state index is -0.517. The molecule has 2 rings (SSSR count). The molecule has 0 N–H and O–H groups in total. The minimum Gasteiger partial charge on any atom is -0.458 e. The molecule has 0 fully saturated rings. The van der Waals surface area contributed by atoms with Crippen molar-refractivity contribution in [3.8, 4) is 0 Å². The number of amides is 2. The van der Waals surface area contributed by atoms with Gasteiger partial charge in [0.2, 0.25) is 0 Å². The fourth-order valence-electron chi connectivity index (χ4n) is 3.44. The van der Waals surface area contributed by atoms with E-state index in [9.17, 15) is 14.4 Å². The number of benzene rings is 1. The second-order valence-corrected chi connectivity index (χ2v) is 9.62. The zero-order valence-corrected chi connectivity index (χ0v) is 23.9. The molecule has 0 spiro atoms. The van der Waals surface area contributed by atoms with Crippen LogP contribution >= 0.6 is 0 Å². The van der Waals surface area contributed by atoms with Gasteiger partial charge in [-0.15, -0.1) is 0 Å². The maximum Gasteiger partial charge on any atom is 0.332 e. The van der Waals surface area contributed by atoms with E-state index in [0.717, 1.165) is 0 Å². The van der Waals surface area contributed by atoms with Crippen LogP contribution in [-0.2, 0) is 42.7 Å². The van der Waals surface area contributed by atoms with Crippen molar-refractivity contribution in [2.24, 2.45) is 0 Å². The Morgan fingerprint density at radius 2 is 0.950 bits per heavy atom. The summed E-state index contributed by atoms with van der Waals surface area (Å²) in [5.74, 6) is -0.958. The highest BCUT2D eigenvalue weighted by Crippen LogP contribution is 2.21. The van der Waals surface area contributed by atoms with Gasteiger partial charge in [-0.2, -0.15) is 0 Å². The molecule has 1 aliphatic heterocycles. The molecule has 2 amide bonds. The van der Waals surface area contributed by atoms with E-state index in [-0.39, 0.29) is 31.6 Å². The molecule has 1 aromatic carbocycles. The molecular weight excluding hydrogens is 526 g/mol. The topological polar surface area (TPSA) is 128 Å². The highest BCUT2D eigenvalue weighted by Gasteiger charge is 2.34. The Balaban J connectivity index is 1.25. The van der Waals surface area contributed by atoms with E-state index in [4.69, 9.17) is 37.9 Å². The van der Waals surface area contributed by atoms with E-state index >= 15 is 0 Å². The molecule has 0 saturated heterocycles. The molecule has 1 aliphatic rings. The summed E-state index contributed by atoms with van der Waals surface area (Å²) >= 11 is 0. The largest absolute Gasteiger partial charge is 0.458 e. The van der Waals surface area contributed by atoms with Crippen molar-refractivity contribution >= 4 is 17.8 Å². The van der Waals surface area contributed by atoms with Gasteiger partial charge in [0.1, 0.15) is 12.2 Å². The Morgan fingerprint density at radius 1 is 0.600 bits per heavy atom. The molecule has 1 aromatic rings.